The van der Waals surface area contributed by atoms with Gasteiger partial charge in [-0.25, -0.2) is 0 Å². The molecular formula is C15H22N2OS. The van der Waals surface area contributed by atoms with E-state index in [0.717, 1.165) is 30.0 Å². The molecule has 0 saturated carbocycles. The van der Waals surface area contributed by atoms with Crippen molar-refractivity contribution in [3.63, 3.8) is 0 Å². The third-order valence-corrected chi connectivity index (χ3v) is 5.10. The SMILES string of the molecule is CC(C)C1CN(C(=O)c2ccc(CN)cc2)CCS1. The van der Waals surface area contributed by atoms with Crippen LogP contribution in [0.3, 0.4) is 0 Å². The Morgan fingerprint density at radius 2 is 2.11 bits per heavy atom. The molecule has 0 aromatic heterocycles. The summed E-state index contributed by atoms with van der Waals surface area (Å²) in [4.78, 5) is 14.4. The highest BCUT2D eigenvalue weighted by atomic mass is 32.2. The van der Waals surface area contributed by atoms with E-state index < -0.39 is 0 Å². The summed E-state index contributed by atoms with van der Waals surface area (Å²) in [6.45, 7) is 6.68. The maximum atomic E-state index is 12.5. The number of nitrogens with two attached hydrogens (primary N) is 1. The van der Waals surface area contributed by atoms with Gasteiger partial charge in [0.1, 0.15) is 0 Å². The second-order valence-corrected chi connectivity index (χ2v) is 6.65. The van der Waals surface area contributed by atoms with Gasteiger partial charge < -0.3 is 10.6 Å². The fourth-order valence-corrected chi connectivity index (χ4v) is 3.53. The highest BCUT2D eigenvalue weighted by Crippen LogP contribution is 2.25. The highest BCUT2D eigenvalue weighted by molar-refractivity contribution is 8.00. The van der Waals surface area contributed by atoms with Crippen LogP contribution in [0.1, 0.15) is 29.8 Å². The van der Waals surface area contributed by atoms with Gasteiger partial charge in [-0.15, -0.1) is 0 Å². The summed E-state index contributed by atoms with van der Waals surface area (Å²) >= 11 is 1.98. The predicted molar refractivity (Wildman–Crippen MR) is 81.3 cm³/mol. The van der Waals surface area contributed by atoms with E-state index in [-0.39, 0.29) is 5.91 Å². The van der Waals surface area contributed by atoms with Gasteiger partial charge in [-0.05, 0) is 23.6 Å². The quantitative estimate of drug-likeness (QED) is 0.923. The van der Waals surface area contributed by atoms with Crippen LogP contribution < -0.4 is 5.73 Å². The van der Waals surface area contributed by atoms with Crippen LogP contribution in [0, 0.1) is 5.92 Å². The Hall–Kier alpha value is -1.00. The average molecular weight is 278 g/mol. The zero-order valence-electron chi connectivity index (χ0n) is 11.6. The number of hydrogen-bond acceptors (Lipinski definition) is 3. The van der Waals surface area contributed by atoms with E-state index in [1.165, 1.54) is 0 Å². The lowest BCUT2D eigenvalue weighted by Crippen LogP contribution is -2.43. The zero-order valence-corrected chi connectivity index (χ0v) is 12.5. The summed E-state index contributed by atoms with van der Waals surface area (Å²) in [6.07, 6.45) is 0. The molecule has 3 nitrogen and oxygen atoms in total. The molecule has 1 aliphatic heterocycles. The van der Waals surface area contributed by atoms with Gasteiger partial charge in [-0.1, -0.05) is 26.0 Å². The molecule has 1 aromatic carbocycles. The Morgan fingerprint density at radius 3 is 2.68 bits per heavy atom. The molecule has 0 bridgehead atoms. The fraction of sp³-hybridized carbons (Fsp3) is 0.533. The lowest BCUT2D eigenvalue weighted by Gasteiger charge is -2.34. The molecule has 1 saturated heterocycles. The summed E-state index contributed by atoms with van der Waals surface area (Å²) in [5.41, 5.74) is 7.40. The van der Waals surface area contributed by atoms with Crippen LogP contribution in [0.4, 0.5) is 0 Å². The lowest BCUT2D eigenvalue weighted by atomic mass is 10.1. The lowest BCUT2D eigenvalue weighted by molar-refractivity contribution is 0.0756. The molecule has 0 aliphatic carbocycles. The largest absolute Gasteiger partial charge is 0.337 e. The molecule has 104 valence electrons. The second kappa shape index (κ2) is 6.44. The van der Waals surface area contributed by atoms with Gasteiger partial charge in [-0.3, -0.25) is 4.79 Å². The molecule has 2 rings (SSSR count). The maximum Gasteiger partial charge on any atom is 0.253 e. The number of benzene rings is 1. The standard InChI is InChI=1S/C15H22N2OS/c1-11(2)14-10-17(7-8-19-14)15(18)13-5-3-12(9-16)4-6-13/h3-6,11,14H,7-10,16H2,1-2H3. The van der Waals surface area contributed by atoms with E-state index in [2.05, 4.69) is 13.8 Å². The van der Waals surface area contributed by atoms with Crippen LogP contribution >= 0.6 is 11.8 Å². The first kappa shape index (κ1) is 14.4. The molecule has 1 aromatic rings. The number of carbonyl (C=O) groups is 1. The third-order valence-electron chi connectivity index (χ3n) is 3.56. The zero-order chi connectivity index (χ0) is 13.8. The summed E-state index contributed by atoms with van der Waals surface area (Å²) in [5.74, 6) is 1.80. The molecule has 1 atom stereocenters. The smallest absolute Gasteiger partial charge is 0.253 e. The van der Waals surface area contributed by atoms with Gasteiger partial charge in [0.25, 0.3) is 5.91 Å². The van der Waals surface area contributed by atoms with Crippen molar-refractivity contribution in [3.8, 4) is 0 Å². The molecule has 1 unspecified atom stereocenters. The molecule has 0 radical (unpaired) electrons. The Bertz CT molecular complexity index is 430. The highest BCUT2D eigenvalue weighted by Gasteiger charge is 2.26. The van der Waals surface area contributed by atoms with Crippen LogP contribution in [-0.2, 0) is 6.54 Å². The maximum absolute atomic E-state index is 12.5. The molecule has 1 heterocycles. The first-order chi connectivity index (χ1) is 9.11. The number of carbonyl (C=O) groups excluding carboxylic acids is 1. The topological polar surface area (TPSA) is 46.3 Å². The van der Waals surface area contributed by atoms with Crippen LogP contribution in [0.15, 0.2) is 24.3 Å². The monoisotopic (exact) mass is 278 g/mol. The molecule has 4 heteroatoms. The number of hydrogen-bond donors (Lipinski definition) is 1. The first-order valence-corrected chi connectivity index (χ1v) is 7.86. The molecule has 1 aliphatic rings. The van der Waals surface area contributed by atoms with Crippen molar-refractivity contribution in [3.05, 3.63) is 35.4 Å². The molecular weight excluding hydrogens is 256 g/mol. The normalized spacial score (nSPS) is 19.8. The summed E-state index contributed by atoms with van der Waals surface area (Å²) < 4.78 is 0. The number of rotatable bonds is 3. The van der Waals surface area contributed by atoms with E-state index in [9.17, 15) is 4.79 Å². The average Bonchev–Trinajstić information content (AvgIpc) is 2.46. The minimum atomic E-state index is 0.148. The van der Waals surface area contributed by atoms with Gasteiger partial charge in [-0.2, -0.15) is 11.8 Å². The van der Waals surface area contributed by atoms with Crippen LogP contribution in [0.2, 0.25) is 0 Å². The van der Waals surface area contributed by atoms with Crippen LogP contribution in [0.5, 0.6) is 0 Å². The predicted octanol–water partition coefficient (Wildman–Crippen LogP) is 2.36. The van der Waals surface area contributed by atoms with Crippen molar-refractivity contribution in [2.75, 3.05) is 18.8 Å². The van der Waals surface area contributed by atoms with Gasteiger partial charge >= 0.3 is 0 Å². The first-order valence-electron chi connectivity index (χ1n) is 6.81. The molecule has 1 fully saturated rings. The Labute approximate surface area is 119 Å². The van der Waals surface area contributed by atoms with Gasteiger partial charge in [0, 0.05) is 36.2 Å². The van der Waals surface area contributed by atoms with Crippen molar-refractivity contribution >= 4 is 17.7 Å². The minimum Gasteiger partial charge on any atom is -0.337 e. The van der Waals surface area contributed by atoms with E-state index in [1.54, 1.807) is 0 Å². The van der Waals surface area contributed by atoms with Gasteiger partial charge in [0.15, 0.2) is 0 Å². The van der Waals surface area contributed by atoms with Crippen molar-refractivity contribution in [1.82, 2.24) is 4.90 Å². The summed E-state index contributed by atoms with van der Waals surface area (Å²) in [6, 6.07) is 7.64. The molecule has 2 N–H and O–H groups in total. The fourth-order valence-electron chi connectivity index (χ4n) is 2.23. The van der Waals surface area contributed by atoms with E-state index in [1.807, 2.05) is 40.9 Å². The number of nitrogens with zero attached hydrogens (tertiary/aromatic N) is 1. The Kier molecular flexibility index (Phi) is 4.88. The van der Waals surface area contributed by atoms with E-state index >= 15 is 0 Å². The van der Waals surface area contributed by atoms with Gasteiger partial charge in [0.05, 0.1) is 0 Å². The molecule has 1 amide bonds. The Balaban J connectivity index is 2.05. The van der Waals surface area contributed by atoms with E-state index in [0.29, 0.717) is 17.7 Å². The third kappa shape index (κ3) is 3.51. The number of amides is 1. The van der Waals surface area contributed by atoms with Crippen molar-refractivity contribution in [2.45, 2.75) is 25.6 Å². The van der Waals surface area contributed by atoms with Crippen molar-refractivity contribution < 1.29 is 4.79 Å². The van der Waals surface area contributed by atoms with Crippen LogP contribution in [0.25, 0.3) is 0 Å². The van der Waals surface area contributed by atoms with Crippen molar-refractivity contribution in [2.24, 2.45) is 11.7 Å². The van der Waals surface area contributed by atoms with Gasteiger partial charge in [0.2, 0.25) is 0 Å². The van der Waals surface area contributed by atoms with E-state index in [4.69, 9.17) is 5.73 Å². The minimum absolute atomic E-state index is 0.148. The Morgan fingerprint density at radius 1 is 1.42 bits per heavy atom. The molecule has 19 heavy (non-hydrogen) atoms. The van der Waals surface area contributed by atoms with Crippen molar-refractivity contribution in [1.29, 1.82) is 0 Å². The summed E-state index contributed by atoms with van der Waals surface area (Å²) in [5, 5.41) is 0.556. The molecule has 0 spiro atoms. The summed E-state index contributed by atoms with van der Waals surface area (Å²) in [7, 11) is 0. The second-order valence-electron chi connectivity index (χ2n) is 5.31. The van der Waals surface area contributed by atoms with Crippen LogP contribution in [-0.4, -0.2) is 34.9 Å². The number of thioether (sulfide) groups is 1.